The predicted octanol–water partition coefficient (Wildman–Crippen LogP) is 3.46. The van der Waals surface area contributed by atoms with E-state index in [0.717, 1.165) is 16.7 Å². The first-order chi connectivity index (χ1) is 11.5. The van der Waals surface area contributed by atoms with Gasteiger partial charge in [0.15, 0.2) is 0 Å². The Morgan fingerprint density at radius 1 is 1.17 bits per heavy atom. The minimum Gasteiger partial charge on any atom is -0.478 e. The van der Waals surface area contributed by atoms with E-state index in [1.54, 1.807) is 42.5 Å². The van der Waals surface area contributed by atoms with Crippen molar-refractivity contribution in [3.05, 3.63) is 59.1 Å². The highest BCUT2D eigenvalue weighted by Crippen LogP contribution is 2.35. The van der Waals surface area contributed by atoms with E-state index in [0.29, 0.717) is 15.6 Å². The van der Waals surface area contributed by atoms with Gasteiger partial charge in [0.1, 0.15) is 0 Å². The van der Waals surface area contributed by atoms with Gasteiger partial charge in [0.2, 0.25) is 11.8 Å². The molecule has 0 radical (unpaired) electrons. The number of nitrogens with zero attached hydrogens (tertiary/aromatic N) is 1. The van der Waals surface area contributed by atoms with Crippen molar-refractivity contribution in [3.8, 4) is 0 Å². The SMILES string of the molecule is O=C(O)c1ccccc1S[C@H]1CC(=O)N(c2cccc(Cl)c2)C1=O. The highest BCUT2D eigenvalue weighted by atomic mass is 35.5. The molecule has 0 spiro atoms. The van der Waals surface area contributed by atoms with Crippen LogP contribution in [-0.2, 0) is 9.59 Å². The van der Waals surface area contributed by atoms with Crippen LogP contribution in [0.1, 0.15) is 16.8 Å². The van der Waals surface area contributed by atoms with Crippen molar-refractivity contribution in [1.82, 2.24) is 0 Å². The zero-order valence-corrected chi connectivity index (χ0v) is 13.9. The molecular weight excluding hydrogens is 350 g/mol. The van der Waals surface area contributed by atoms with Crippen molar-refractivity contribution in [3.63, 3.8) is 0 Å². The predicted molar refractivity (Wildman–Crippen MR) is 91.6 cm³/mol. The van der Waals surface area contributed by atoms with E-state index >= 15 is 0 Å². The zero-order valence-electron chi connectivity index (χ0n) is 12.3. The third-order valence-electron chi connectivity index (χ3n) is 3.56. The number of carbonyl (C=O) groups is 3. The average Bonchev–Trinajstić information content (AvgIpc) is 2.81. The van der Waals surface area contributed by atoms with Crippen LogP contribution in [0.25, 0.3) is 0 Å². The van der Waals surface area contributed by atoms with Gasteiger partial charge in [0.05, 0.1) is 16.5 Å². The Bertz CT molecular complexity index is 839. The lowest BCUT2D eigenvalue weighted by atomic mass is 10.2. The van der Waals surface area contributed by atoms with Gasteiger partial charge in [0, 0.05) is 16.3 Å². The van der Waals surface area contributed by atoms with Crippen LogP contribution in [0.15, 0.2) is 53.4 Å². The maximum atomic E-state index is 12.6. The fourth-order valence-electron chi connectivity index (χ4n) is 2.48. The molecule has 3 rings (SSSR count). The monoisotopic (exact) mass is 361 g/mol. The molecule has 0 bridgehead atoms. The quantitative estimate of drug-likeness (QED) is 0.844. The molecule has 0 aliphatic carbocycles. The molecule has 1 fully saturated rings. The van der Waals surface area contributed by atoms with Gasteiger partial charge in [-0.1, -0.05) is 29.8 Å². The van der Waals surface area contributed by atoms with Crippen LogP contribution in [0.5, 0.6) is 0 Å². The molecular formula is C17H12ClNO4S. The van der Waals surface area contributed by atoms with Gasteiger partial charge in [-0.3, -0.25) is 9.59 Å². The van der Waals surface area contributed by atoms with E-state index in [2.05, 4.69) is 0 Å². The van der Waals surface area contributed by atoms with E-state index in [1.807, 2.05) is 0 Å². The number of imide groups is 1. The molecule has 2 aromatic rings. The summed E-state index contributed by atoms with van der Waals surface area (Å²) >= 11 is 7.02. The van der Waals surface area contributed by atoms with E-state index in [-0.39, 0.29) is 23.8 Å². The van der Waals surface area contributed by atoms with E-state index in [4.69, 9.17) is 11.6 Å². The van der Waals surface area contributed by atoms with Crippen LogP contribution in [0, 0.1) is 0 Å². The lowest BCUT2D eigenvalue weighted by Gasteiger charge is -2.15. The highest BCUT2D eigenvalue weighted by Gasteiger charge is 2.40. The number of carboxylic acids is 1. The lowest BCUT2D eigenvalue weighted by Crippen LogP contribution is -2.31. The molecule has 0 unspecified atom stereocenters. The summed E-state index contributed by atoms with van der Waals surface area (Å²) in [7, 11) is 0. The lowest BCUT2D eigenvalue weighted by molar-refractivity contribution is -0.121. The molecule has 24 heavy (non-hydrogen) atoms. The summed E-state index contributed by atoms with van der Waals surface area (Å²) < 4.78 is 0. The molecule has 2 amide bonds. The minimum atomic E-state index is -1.07. The van der Waals surface area contributed by atoms with Crippen LogP contribution in [0.3, 0.4) is 0 Å². The largest absolute Gasteiger partial charge is 0.478 e. The smallest absolute Gasteiger partial charge is 0.336 e. The summed E-state index contributed by atoms with van der Waals surface area (Å²) in [6.07, 6.45) is 0.0178. The first kappa shape index (κ1) is 16.5. The van der Waals surface area contributed by atoms with Crippen molar-refractivity contribution in [1.29, 1.82) is 0 Å². The van der Waals surface area contributed by atoms with Crippen molar-refractivity contribution < 1.29 is 19.5 Å². The molecule has 1 aliphatic heterocycles. The number of anilines is 1. The molecule has 1 N–H and O–H groups in total. The van der Waals surface area contributed by atoms with Crippen LogP contribution in [0.2, 0.25) is 5.02 Å². The van der Waals surface area contributed by atoms with Gasteiger partial charge in [-0.2, -0.15) is 0 Å². The van der Waals surface area contributed by atoms with Crippen molar-refractivity contribution in [2.24, 2.45) is 0 Å². The number of hydrogen-bond donors (Lipinski definition) is 1. The molecule has 1 saturated heterocycles. The number of amides is 2. The molecule has 0 aromatic heterocycles. The Kier molecular flexibility index (Phi) is 4.59. The van der Waals surface area contributed by atoms with Crippen molar-refractivity contribution >= 4 is 46.8 Å². The first-order valence-electron chi connectivity index (χ1n) is 7.08. The molecule has 2 aromatic carbocycles. The number of carbonyl (C=O) groups excluding carboxylic acids is 2. The summed E-state index contributed by atoms with van der Waals surface area (Å²) in [4.78, 5) is 37.7. The summed E-state index contributed by atoms with van der Waals surface area (Å²) in [6.45, 7) is 0. The number of halogens is 1. The second-order valence-corrected chi connectivity index (χ2v) is 6.84. The number of carboxylic acid groups (broad SMARTS) is 1. The van der Waals surface area contributed by atoms with E-state index in [9.17, 15) is 19.5 Å². The fourth-order valence-corrected chi connectivity index (χ4v) is 3.84. The number of thioether (sulfide) groups is 1. The Morgan fingerprint density at radius 3 is 2.62 bits per heavy atom. The van der Waals surface area contributed by atoms with E-state index < -0.39 is 11.2 Å². The fraction of sp³-hybridized carbons (Fsp3) is 0.118. The molecule has 1 heterocycles. The van der Waals surface area contributed by atoms with E-state index in [1.165, 1.54) is 6.07 Å². The van der Waals surface area contributed by atoms with Crippen molar-refractivity contribution in [2.45, 2.75) is 16.6 Å². The highest BCUT2D eigenvalue weighted by molar-refractivity contribution is 8.00. The second-order valence-electron chi connectivity index (χ2n) is 5.16. The minimum absolute atomic E-state index is 0.0178. The van der Waals surface area contributed by atoms with Gasteiger partial charge in [-0.15, -0.1) is 11.8 Å². The maximum Gasteiger partial charge on any atom is 0.336 e. The maximum absolute atomic E-state index is 12.6. The summed E-state index contributed by atoms with van der Waals surface area (Å²) in [5.74, 6) is -1.76. The first-order valence-corrected chi connectivity index (χ1v) is 8.34. The van der Waals surface area contributed by atoms with Gasteiger partial charge in [-0.05, 0) is 30.3 Å². The zero-order chi connectivity index (χ0) is 17.3. The van der Waals surface area contributed by atoms with Gasteiger partial charge in [-0.25, -0.2) is 9.69 Å². The van der Waals surface area contributed by atoms with Gasteiger partial charge in [0.25, 0.3) is 0 Å². The standard InChI is InChI=1S/C17H12ClNO4S/c18-10-4-3-5-11(8-10)19-15(20)9-14(16(19)21)24-13-7-2-1-6-12(13)17(22)23/h1-8,14H,9H2,(H,22,23)/t14-/m0/s1. The van der Waals surface area contributed by atoms with Crippen LogP contribution >= 0.6 is 23.4 Å². The Labute approximate surface area is 147 Å². The number of rotatable bonds is 4. The van der Waals surface area contributed by atoms with Crippen LogP contribution in [-0.4, -0.2) is 28.1 Å². The van der Waals surface area contributed by atoms with Crippen LogP contribution in [0.4, 0.5) is 5.69 Å². The molecule has 7 heteroatoms. The summed E-state index contributed by atoms with van der Waals surface area (Å²) in [6, 6.07) is 12.9. The topological polar surface area (TPSA) is 74.7 Å². The second kappa shape index (κ2) is 6.67. The number of hydrogen-bond acceptors (Lipinski definition) is 4. The summed E-state index contributed by atoms with van der Waals surface area (Å²) in [5, 5.41) is 9.00. The Balaban J connectivity index is 1.86. The number of aromatic carboxylic acids is 1. The molecule has 0 saturated carbocycles. The van der Waals surface area contributed by atoms with Crippen LogP contribution < -0.4 is 4.90 Å². The molecule has 1 aliphatic rings. The third kappa shape index (κ3) is 3.16. The number of benzene rings is 2. The normalized spacial score (nSPS) is 17.4. The third-order valence-corrected chi connectivity index (χ3v) is 5.06. The van der Waals surface area contributed by atoms with Gasteiger partial charge < -0.3 is 5.11 Å². The Hall–Kier alpha value is -2.31. The van der Waals surface area contributed by atoms with Gasteiger partial charge >= 0.3 is 5.97 Å². The summed E-state index contributed by atoms with van der Waals surface area (Å²) in [5.41, 5.74) is 0.538. The Morgan fingerprint density at radius 2 is 1.92 bits per heavy atom. The van der Waals surface area contributed by atoms with Crippen molar-refractivity contribution in [2.75, 3.05) is 4.90 Å². The molecule has 122 valence electrons. The average molecular weight is 362 g/mol. The molecule has 1 atom stereocenters. The molecule has 5 nitrogen and oxygen atoms in total.